The van der Waals surface area contributed by atoms with Gasteiger partial charge in [0.05, 0.1) is 12.5 Å². The number of likely N-dealkylation sites (N-methyl/N-ethyl adjacent to an activating group) is 1. The number of carbonyl (C=O) groups is 1. The van der Waals surface area contributed by atoms with Gasteiger partial charge in [-0.05, 0) is 30.5 Å². The number of halogens is 1. The summed E-state index contributed by atoms with van der Waals surface area (Å²) in [5, 5.41) is 0.636. The van der Waals surface area contributed by atoms with Crippen LogP contribution in [0, 0.1) is 11.8 Å². The fourth-order valence-electron chi connectivity index (χ4n) is 2.15. The maximum Gasteiger partial charge on any atom is 0.226 e. The summed E-state index contributed by atoms with van der Waals surface area (Å²) in [6.45, 7) is 5.54. The van der Waals surface area contributed by atoms with E-state index in [1.807, 2.05) is 12.1 Å². The van der Waals surface area contributed by atoms with Gasteiger partial charge >= 0.3 is 0 Å². The van der Waals surface area contributed by atoms with Gasteiger partial charge in [-0.3, -0.25) is 4.79 Å². The lowest BCUT2D eigenvalue weighted by Gasteiger charge is -2.24. The minimum atomic E-state index is -0.110. The number of carbonyl (C=O) groups excluding carboxylic acids is 1. The van der Waals surface area contributed by atoms with Crippen molar-refractivity contribution in [3.8, 4) is 5.75 Å². The van der Waals surface area contributed by atoms with E-state index >= 15 is 0 Å². The van der Waals surface area contributed by atoms with E-state index in [2.05, 4.69) is 13.8 Å². The molecule has 1 amide bonds. The molecule has 0 aliphatic rings. The molecule has 0 fully saturated rings. The van der Waals surface area contributed by atoms with Crippen LogP contribution in [0.15, 0.2) is 24.3 Å². The number of ether oxygens (including phenoxy) is 1. The first-order valence-electron chi connectivity index (χ1n) is 7.27. The summed E-state index contributed by atoms with van der Waals surface area (Å²) in [7, 11) is 1.78. The minimum Gasteiger partial charge on any atom is -0.492 e. The van der Waals surface area contributed by atoms with Crippen molar-refractivity contribution in [1.29, 1.82) is 0 Å². The predicted molar refractivity (Wildman–Crippen MR) is 86.6 cm³/mol. The predicted octanol–water partition coefficient (Wildman–Crippen LogP) is 2.80. The molecule has 1 aromatic rings. The Kier molecular flexibility index (Phi) is 7.54. The highest BCUT2D eigenvalue weighted by atomic mass is 35.5. The Morgan fingerprint density at radius 2 is 2.14 bits per heavy atom. The Morgan fingerprint density at radius 1 is 1.43 bits per heavy atom. The number of nitrogens with zero attached hydrogens (tertiary/aromatic N) is 1. The van der Waals surface area contributed by atoms with E-state index in [1.54, 1.807) is 24.1 Å². The summed E-state index contributed by atoms with van der Waals surface area (Å²) >= 11 is 5.89. The highest BCUT2D eigenvalue weighted by molar-refractivity contribution is 6.30. The summed E-state index contributed by atoms with van der Waals surface area (Å²) in [6.07, 6.45) is 0.814. The van der Waals surface area contributed by atoms with Crippen molar-refractivity contribution in [3.05, 3.63) is 29.3 Å². The molecular weight excluding hydrogens is 288 g/mol. The lowest BCUT2D eigenvalue weighted by molar-refractivity contribution is -0.134. The molecule has 1 rings (SSSR count). The minimum absolute atomic E-state index is 0.0842. The van der Waals surface area contributed by atoms with Crippen LogP contribution in [0.2, 0.25) is 5.02 Å². The quantitative estimate of drug-likeness (QED) is 0.803. The van der Waals surface area contributed by atoms with Crippen molar-refractivity contribution in [2.75, 3.05) is 26.7 Å². The second-order valence-electron chi connectivity index (χ2n) is 5.63. The van der Waals surface area contributed by atoms with Crippen LogP contribution in [0.3, 0.4) is 0 Å². The monoisotopic (exact) mass is 312 g/mol. The molecule has 21 heavy (non-hydrogen) atoms. The van der Waals surface area contributed by atoms with Crippen LogP contribution in [-0.4, -0.2) is 37.6 Å². The van der Waals surface area contributed by atoms with Crippen LogP contribution in [0.25, 0.3) is 0 Å². The van der Waals surface area contributed by atoms with E-state index in [0.29, 0.717) is 36.4 Å². The zero-order valence-electron chi connectivity index (χ0n) is 13.0. The molecule has 1 aromatic carbocycles. The molecule has 4 nitrogen and oxygen atoms in total. The Hall–Kier alpha value is -1.26. The maximum atomic E-state index is 12.3. The third-order valence-corrected chi connectivity index (χ3v) is 3.49. The number of hydrogen-bond donors (Lipinski definition) is 1. The summed E-state index contributed by atoms with van der Waals surface area (Å²) in [6, 6.07) is 7.22. The van der Waals surface area contributed by atoms with E-state index in [-0.39, 0.29) is 11.8 Å². The second-order valence-corrected chi connectivity index (χ2v) is 6.06. The van der Waals surface area contributed by atoms with Crippen LogP contribution in [-0.2, 0) is 4.79 Å². The van der Waals surface area contributed by atoms with Gasteiger partial charge in [-0.1, -0.05) is 31.5 Å². The van der Waals surface area contributed by atoms with E-state index in [1.165, 1.54) is 0 Å². The first kappa shape index (κ1) is 17.8. The summed E-state index contributed by atoms with van der Waals surface area (Å²) in [5.74, 6) is 1.14. The van der Waals surface area contributed by atoms with Gasteiger partial charge < -0.3 is 15.4 Å². The SMILES string of the molecule is CC(C)CC(CN)C(=O)N(C)CCOc1cccc(Cl)c1. The highest BCUT2D eigenvalue weighted by Gasteiger charge is 2.21. The van der Waals surface area contributed by atoms with Gasteiger partial charge in [0.15, 0.2) is 0 Å². The summed E-state index contributed by atoms with van der Waals surface area (Å²) in [4.78, 5) is 14.0. The molecule has 118 valence electrons. The average molecular weight is 313 g/mol. The largest absolute Gasteiger partial charge is 0.492 e. The molecular formula is C16H25ClN2O2. The smallest absolute Gasteiger partial charge is 0.226 e. The Labute approximate surface area is 132 Å². The number of rotatable bonds is 8. The third-order valence-electron chi connectivity index (χ3n) is 3.26. The van der Waals surface area contributed by atoms with Gasteiger partial charge in [0.25, 0.3) is 0 Å². The van der Waals surface area contributed by atoms with Gasteiger partial charge in [-0.25, -0.2) is 0 Å². The molecule has 2 N–H and O–H groups in total. The molecule has 0 aromatic heterocycles. The molecule has 0 bridgehead atoms. The Bertz CT molecular complexity index is 452. The summed E-state index contributed by atoms with van der Waals surface area (Å²) < 4.78 is 5.59. The molecule has 0 spiro atoms. The van der Waals surface area contributed by atoms with Crippen LogP contribution in [0.1, 0.15) is 20.3 Å². The normalized spacial score (nSPS) is 12.3. The van der Waals surface area contributed by atoms with Gasteiger partial charge in [0.1, 0.15) is 12.4 Å². The van der Waals surface area contributed by atoms with Gasteiger partial charge in [0, 0.05) is 18.6 Å². The first-order valence-corrected chi connectivity index (χ1v) is 7.65. The number of hydrogen-bond acceptors (Lipinski definition) is 3. The van der Waals surface area contributed by atoms with Crippen LogP contribution < -0.4 is 10.5 Å². The van der Waals surface area contributed by atoms with Crippen molar-refractivity contribution >= 4 is 17.5 Å². The van der Waals surface area contributed by atoms with Crippen LogP contribution in [0.4, 0.5) is 0 Å². The van der Waals surface area contributed by atoms with E-state index in [0.717, 1.165) is 6.42 Å². The van der Waals surface area contributed by atoms with Gasteiger partial charge in [-0.15, -0.1) is 0 Å². The molecule has 0 heterocycles. The van der Waals surface area contributed by atoms with Gasteiger partial charge in [0.2, 0.25) is 5.91 Å². The molecule has 5 heteroatoms. The Balaban J connectivity index is 2.41. The first-order chi connectivity index (χ1) is 9.93. The number of amides is 1. The topological polar surface area (TPSA) is 55.6 Å². The fourth-order valence-corrected chi connectivity index (χ4v) is 2.33. The second kappa shape index (κ2) is 8.90. The van der Waals surface area contributed by atoms with E-state index in [9.17, 15) is 4.79 Å². The van der Waals surface area contributed by atoms with Crippen LogP contribution >= 0.6 is 11.6 Å². The van der Waals surface area contributed by atoms with Crippen LogP contribution in [0.5, 0.6) is 5.75 Å². The lowest BCUT2D eigenvalue weighted by atomic mass is 9.96. The fraction of sp³-hybridized carbons (Fsp3) is 0.562. The zero-order valence-corrected chi connectivity index (χ0v) is 13.8. The molecule has 0 saturated heterocycles. The molecule has 0 saturated carbocycles. The molecule has 0 aliphatic heterocycles. The van der Waals surface area contributed by atoms with Crippen molar-refractivity contribution in [3.63, 3.8) is 0 Å². The zero-order chi connectivity index (χ0) is 15.8. The third kappa shape index (κ3) is 6.36. The highest BCUT2D eigenvalue weighted by Crippen LogP contribution is 2.17. The standard InChI is InChI=1S/C16H25ClN2O2/c1-12(2)9-13(11-18)16(20)19(3)7-8-21-15-6-4-5-14(17)10-15/h4-6,10,12-13H,7-9,11,18H2,1-3H3. The molecule has 1 atom stereocenters. The molecule has 1 unspecified atom stereocenters. The van der Waals surface area contributed by atoms with E-state index < -0.39 is 0 Å². The average Bonchev–Trinajstić information content (AvgIpc) is 2.43. The van der Waals surface area contributed by atoms with Crippen molar-refractivity contribution in [2.45, 2.75) is 20.3 Å². The van der Waals surface area contributed by atoms with Gasteiger partial charge in [-0.2, -0.15) is 0 Å². The number of benzene rings is 1. The van der Waals surface area contributed by atoms with Crippen molar-refractivity contribution in [1.82, 2.24) is 4.90 Å². The molecule has 0 aliphatic carbocycles. The van der Waals surface area contributed by atoms with Crippen molar-refractivity contribution in [2.24, 2.45) is 17.6 Å². The van der Waals surface area contributed by atoms with E-state index in [4.69, 9.17) is 22.1 Å². The molecule has 0 radical (unpaired) electrons. The Morgan fingerprint density at radius 3 is 2.71 bits per heavy atom. The summed E-state index contributed by atoms with van der Waals surface area (Å²) in [5.41, 5.74) is 5.70. The lowest BCUT2D eigenvalue weighted by Crippen LogP contribution is -2.39. The maximum absolute atomic E-state index is 12.3. The van der Waals surface area contributed by atoms with Crippen molar-refractivity contribution < 1.29 is 9.53 Å². The number of nitrogens with two attached hydrogens (primary N) is 1.